The predicted octanol–water partition coefficient (Wildman–Crippen LogP) is -2.45. The summed E-state index contributed by atoms with van der Waals surface area (Å²) in [5.74, 6) is 0. The molecule has 0 heterocycles. The van der Waals surface area contributed by atoms with Crippen molar-refractivity contribution in [2.24, 2.45) is 5.73 Å². The maximum Gasteiger partial charge on any atom is 0.329 e. The molecule has 0 fully saturated rings. The molecule has 0 rings (SSSR count). The smallest absolute Gasteiger partial charge is 0.329 e. The van der Waals surface area contributed by atoms with E-state index in [0.29, 0.717) is 10.5 Å². The topological polar surface area (TPSA) is 55.5 Å². The third-order valence-corrected chi connectivity index (χ3v) is 3.71. The zero-order chi connectivity index (χ0) is 6.57. The van der Waals surface area contributed by atoms with Crippen LogP contribution >= 0.6 is 0 Å². The summed E-state index contributed by atoms with van der Waals surface area (Å²) in [4.78, 5) is 8.88. The van der Waals surface area contributed by atoms with Gasteiger partial charge in [-0.1, -0.05) is 6.08 Å². The van der Waals surface area contributed by atoms with E-state index in [2.05, 4.69) is 6.58 Å². The molecule has 5 heteroatoms. The van der Waals surface area contributed by atoms with Gasteiger partial charge in [-0.3, -0.25) is 0 Å². The maximum absolute atomic E-state index is 8.88. The van der Waals surface area contributed by atoms with Crippen LogP contribution in [0.1, 0.15) is 0 Å². The molecule has 0 saturated heterocycles. The molecule has 0 aliphatic carbocycles. The van der Waals surface area contributed by atoms with Crippen molar-refractivity contribution in [1.82, 2.24) is 0 Å². The molecule has 0 aliphatic heterocycles. The second-order valence-corrected chi connectivity index (χ2v) is 4.88. The molecule has 8 heavy (non-hydrogen) atoms. The third kappa shape index (κ3) is 2.38. The fourth-order valence-electron chi connectivity index (χ4n) is 0.274. The van der Waals surface area contributed by atoms with Crippen LogP contribution in [0, 0.1) is 0 Å². The molecular formula is C3H11NO2Si2. The van der Waals surface area contributed by atoms with Crippen LogP contribution in [0.25, 0.3) is 0 Å². The Morgan fingerprint density at radius 1 is 2.00 bits per heavy atom. The maximum atomic E-state index is 8.88. The highest BCUT2D eigenvalue weighted by atomic mass is 28.3. The highest BCUT2D eigenvalue weighted by molar-refractivity contribution is 6.49. The van der Waals surface area contributed by atoms with Crippen LogP contribution in [-0.4, -0.2) is 30.2 Å². The Balaban J connectivity index is 3.44. The van der Waals surface area contributed by atoms with Gasteiger partial charge in [-0.05, 0) is 0 Å². The van der Waals surface area contributed by atoms with Gasteiger partial charge >= 0.3 is 9.28 Å². The van der Waals surface area contributed by atoms with Crippen molar-refractivity contribution >= 4 is 19.8 Å². The van der Waals surface area contributed by atoms with E-state index in [1.807, 2.05) is 0 Å². The molecular weight excluding hydrogens is 138 g/mol. The first-order valence-corrected chi connectivity index (χ1v) is 4.78. The normalized spacial score (nSPS) is 17.8. The Kier molecular flexibility index (Phi) is 4.01. The van der Waals surface area contributed by atoms with E-state index in [0.717, 1.165) is 0 Å². The van der Waals surface area contributed by atoms with Crippen molar-refractivity contribution < 1.29 is 8.91 Å². The van der Waals surface area contributed by atoms with E-state index in [-0.39, 0.29) is 5.67 Å². The largest absolute Gasteiger partial charge is 0.446 e. The Labute approximate surface area is 53.5 Å². The van der Waals surface area contributed by atoms with Crippen molar-refractivity contribution in [3.63, 3.8) is 0 Å². The summed E-state index contributed by atoms with van der Waals surface area (Å²) in [6.45, 7) is 3.41. The SMILES string of the molecule is C=CC(N)[SiH](O)O[SiH3]. The molecule has 3 N–H and O–H groups in total. The second-order valence-electron chi connectivity index (χ2n) is 1.44. The van der Waals surface area contributed by atoms with Gasteiger partial charge in [0.2, 0.25) is 0 Å². The number of hydrogen-bond donors (Lipinski definition) is 2. The molecule has 0 aromatic heterocycles. The van der Waals surface area contributed by atoms with Gasteiger partial charge in [0.15, 0.2) is 0 Å². The lowest BCUT2D eigenvalue weighted by molar-refractivity contribution is 0.426. The van der Waals surface area contributed by atoms with Crippen LogP contribution in [0.3, 0.4) is 0 Å². The van der Waals surface area contributed by atoms with Crippen LogP contribution in [0.15, 0.2) is 12.7 Å². The van der Waals surface area contributed by atoms with E-state index in [9.17, 15) is 0 Å². The van der Waals surface area contributed by atoms with E-state index in [4.69, 9.17) is 14.6 Å². The second kappa shape index (κ2) is 3.99. The summed E-state index contributed by atoms with van der Waals surface area (Å²) < 4.78 is 4.74. The zero-order valence-electron chi connectivity index (χ0n) is 4.87. The molecule has 2 atom stereocenters. The van der Waals surface area contributed by atoms with Crippen molar-refractivity contribution in [3.8, 4) is 0 Å². The number of nitrogens with two attached hydrogens (primary N) is 1. The van der Waals surface area contributed by atoms with Crippen LogP contribution in [0.5, 0.6) is 0 Å². The van der Waals surface area contributed by atoms with E-state index < -0.39 is 9.28 Å². The molecule has 0 aromatic carbocycles. The van der Waals surface area contributed by atoms with Gasteiger partial charge in [-0.25, -0.2) is 0 Å². The molecule has 0 amide bonds. The summed E-state index contributed by atoms with van der Waals surface area (Å²) >= 11 is 0. The molecule has 48 valence electrons. The van der Waals surface area contributed by atoms with Gasteiger partial charge in [0, 0.05) is 0 Å². The highest BCUT2D eigenvalue weighted by Crippen LogP contribution is 1.83. The number of hydrogen-bond acceptors (Lipinski definition) is 3. The molecule has 0 radical (unpaired) electrons. The minimum absolute atomic E-state index is 0.313. The first kappa shape index (κ1) is 8.05. The van der Waals surface area contributed by atoms with Crippen LogP contribution in [0.2, 0.25) is 0 Å². The standard InChI is InChI=1S/C3H11NO2Si2/c1-2-3(4)8(5)6-7/h2-3,5,8H,1,4H2,7H3. The Morgan fingerprint density at radius 2 is 2.50 bits per heavy atom. The van der Waals surface area contributed by atoms with Gasteiger partial charge in [0.05, 0.1) is 5.67 Å². The lowest BCUT2D eigenvalue weighted by Gasteiger charge is -2.09. The van der Waals surface area contributed by atoms with Crippen LogP contribution in [0.4, 0.5) is 0 Å². The lowest BCUT2D eigenvalue weighted by atomic mass is 10.6. The van der Waals surface area contributed by atoms with Crippen molar-refractivity contribution in [1.29, 1.82) is 0 Å². The van der Waals surface area contributed by atoms with E-state index in [1.54, 1.807) is 0 Å². The highest BCUT2D eigenvalue weighted by Gasteiger charge is 2.11. The Morgan fingerprint density at radius 3 is 2.62 bits per heavy atom. The van der Waals surface area contributed by atoms with Gasteiger partial charge < -0.3 is 14.6 Å². The number of rotatable bonds is 3. The van der Waals surface area contributed by atoms with Crippen molar-refractivity contribution in [3.05, 3.63) is 12.7 Å². The molecule has 0 spiro atoms. The Bertz CT molecular complexity index is 79.7. The summed E-state index contributed by atoms with van der Waals surface area (Å²) in [5.41, 5.74) is 5.01. The molecule has 0 aromatic rings. The lowest BCUT2D eigenvalue weighted by Crippen LogP contribution is -2.38. The first-order valence-electron chi connectivity index (χ1n) is 2.31. The summed E-state index contributed by atoms with van der Waals surface area (Å²) in [6.07, 6.45) is 1.51. The minimum Gasteiger partial charge on any atom is -0.446 e. The van der Waals surface area contributed by atoms with Gasteiger partial charge in [0.1, 0.15) is 10.5 Å². The monoisotopic (exact) mass is 149 g/mol. The molecule has 0 aliphatic rings. The van der Waals surface area contributed by atoms with Gasteiger partial charge in [0.25, 0.3) is 0 Å². The minimum atomic E-state index is -2.05. The van der Waals surface area contributed by atoms with Gasteiger partial charge in [-0.15, -0.1) is 6.58 Å². The fraction of sp³-hybridized carbons (Fsp3) is 0.333. The quantitative estimate of drug-likeness (QED) is 0.346. The van der Waals surface area contributed by atoms with Crippen LogP contribution in [-0.2, 0) is 4.12 Å². The van der Waals surface area contributed by atoms with E-state index in [1.165, 1.54) is 6.08 Å². The van der Waals surface area contributed by atoms with Gasteiger partial charge in [-0.2, -0.15) is 0 Å². The van der Waals surface area contributed by atoms with Crippen LogP contribution < -0.4 is 5.73 Å². The summed E-state index contributed by atoms with van der Waals surface area (Å²) in [7, 11) is -1.49. The molecule has 2 unspecified atom stereocenters. The zero-order valence-corrected chi connectivity index (χ0v) is 8.03. The first-order chi connectivity index (χ1) is 3.72. The molecule has 0 saturated carbocycles. The average molecular weight is 149 g/mol. The van der Waals surface area contributed by atoms with Crippen molar-refractivity contribution in [2.75, 3.05) is 0 Å². The summed E-state index contributed by atoms with van der Waals surface area (Å²) in [5, 5.41) is 0. The third-order valence-electron chi connectivity index (χ3n) is 0.843. The van der Waals surface area contributed by atoms with Crippen molar-refractivity contribution in [2.45, 2.75) is 5.67 Å². The fourth-order valence-corrected chi connectivity index (χ4v) is 1.76. The Hall–Kier alpha value is 0.0538. The van der Waals surface area contributed by atoms with E-state index >= 15 is 0 Å². The molecule has 0 bridgehead atoms. The summed E-state index contributed by atoms with van der Waals surface area (Å²) in [6, 6.07) is 0. The average Bonchev–Trinajstić information content (AvgIpc) is 1.84. The predicted molar refractivity (Wildman–Crippen MR) is 38.6 cm³/mol. The molecule has 3 nitrogen and oxygen atoms in total.